The SMILES string of the molecule is OC[C@@H]1CO[C@@H]2CN(Cc3cc(C4CC4)n[nH]3)C[C@H]12. The second-order valence-corrected chi connectivity index (χ2v) is 6.26. The van der Waals surface area contributed by atoms with E-state index in [1.54, 1.807) is 0 Å². The number of fused-ring (bicyclic) bond motifs is 1. The molecule has 0 radical (unpaired) electrons. The summed E-state index contributed by atoms with van der Waals surface area (Å²) in [5.74, 6) is 1.56. The molecular weight excluding hydrogens is 242 g/mol. The summed E-state index contributed by atoms with van der Waals surface area (Å²) in [6.07, 6.45) is 2.91. The summed E-state index contributed by atoms with van der Waals surface area (Å²) in [4.78, 5) is 2.42. The number of aliphatic hydroxyl groups is 1. The van der Waals surface area contributed by atoms with Gasteiger partial charge in [0.25, 0.3) is 0 Å². The summed E-state index contributed by atoms with van der Waals surface area (Å²) in [6, 6.07) is 2.22. The van der Waals surface area contributed by atoms with Crippen molar-refractivity contribution in [3.05, 3.63) is 17.5 Å². The molecule has 5 nitrogen and oxygen atoms in total. The minimum Gasteiger partial charge on any atom is -0.396 e. The highest BCUT2D eigenvalue weighted by atomic mass is 16.5. The molecule has 2 saturated heterocycles. The van der Waals surface area contributed by atoms with Crippen LogP contribution in [0.3, 0.4) is 0 Å². The lowest BCUT2D eigenvalue weighted by molar-refractivity contribution is 0.0881. The van der Waals surface area contributed by atoms with Crippen LogP contribution in [0.5, 0.6) is 0 Å². The molecule has 3 atom stereocenters. The number of ether oxygens (including phenoxy) is 1. The van der Waals surface area contributed by atoms with Crippen LogP contribution >= 0.6 is 0 Å². The Morgan fingerprint density at radius 1 is 1.42 bits per heavy atom. The standard InChI is InChI=1S/C14H21N3O2/c18-7-10-8-19-14-6-17(5-12(10)14)4-11-3-13(16-15-11)9-1-2-9/h3,9-10,12,14,18H,1-2,4-8H2,(H,15,16)/t10-,12-,14-/m1/s1. The maximum Gasteiger partial charge on any atom is 0.0746 e. The van der Waals surface area contributed by atoms with E-state index < -0.39 is 0 Å². The number of H-pyrrole nitrogens is 1. The van der Waals surface area contributed by atoms with Crippen LogP contribution in [0.25, 0.3) is 0 Å². The second-order valence-electron chi connectivity index (χ2n) is 6.26. The molecule has 3 aliphatic rings. The van der Waals surface area contributed by atoms with Crippen molar-refractivity contribution >= 4 is 0 Å². The lowest BCUT2D eigenvalue weighted by atomic mass is 9.94. The number of nitrogens with zero attached hydrogens (tertiary/aromatic N) is 2. The molecule has 0 spiro atoms. The van der Waals surface area contributed by atoms with Crippen LogP contribution < -0.4 is 0 Å². The Kier molecular flexibility index (Phi) is 2.86. The molecule has 1 aliphatic carbocycles. The molecule has 4 rings (SSSR count). The first-order valence-electron chi connectivity index (χ1n) is 7.32. The van der Waals surface area contributed by atoms with Crippen LogP contribution in [-0.2, 0) is 11.3 Å². The normalized spacial score (nSPS) is 34.9. The van der Waals surface area contributed by atoms with Crippen molar-refractivity contribution in [2.75, 3.05) is 26.3 Å². The zero-order valence-electron chi connectivity index (χ0n) is 11.1. The Bertz CT molecular complexity index is 457. The largest absolute Gasteiger partial charge is 0.396 e. The van der Waals surface area contributed by atoms with Gasteiger partial charge in [-0.15, -0.1) is 0 Å². The topological polar surface area (TPSA) is 61.4 Å². The van der Waals surface area contributed by atoms with Crippen molar-refractivity contribution < 1.29 is 9.84 Å². The molecule has 1 saturated carbocycles. The number of nitrogens with one attached hydrogen (secondary N) is 1. The number of likely N-dealkylation sites (tertiary alicyclic amines) is 1. The van der Waals surface area contributed by atoms with E-state index in [0.717, 1.165) is 26.2 Å². The van der Waals surface area contributed by atoms with Crippen LogP contribution in [-0.4, -0.2) is 52.6 Å². The van der Waals surface area contributed by atoms with E-state index in [-0.39, 0.29) is 6.61 Å². The van der Waals surface area contributed by atoms with E-state index in [1.165, 1.54) is 24.2 Å². The smallest absolute Gasteiger partial charge is 0.0746 e. The summed E-state index contributed by atoms with van der Waals surface area (Å²) < 4.78 is 5.77. The van der Waals surface area contributed by atoms with E-state index in [9.17, 15) is 5.11 Å². The minimum atomic E-state index is 0.255. The molecule has 0 aromatic carbocycles. The van der Waals surface area contributed by atoms with Gasteiger partial charge in [-0.1, -0.05) is 0 Å². The maximum absolute atomic E-state index is 9.35. The van der Waals surface area contributed by atoms with Crippen molar-refractivity contribution in [1.29, 1.82) is 0 Å². The highest BCUT2D eigenvalue weighted by Crippen LogP contribution is 2.39. The Morgan fingerprint density at radius 3 is 3.11 bits per heavy atom. The molecule has 5 heteroatoms. The van der Waals surface area contributed by atoms with Crippen molar-refractivity contribution in [3.8, 4) is 0 Å². The van der Waals surface area contributed by atoms with Crippen molar-refractivity contribution in [1.82, 2.24) is 15.1 Å². The van der Waals surface area contributed by atoms with Crippen LogP contribution in [0.1, 0.15) is 30.1 Å². The van der Waals surface area contributed by atoms with Crippen LogP contribution in [0.4, 0.5) is 0 Å². The fourth-order valence-electron chi connectivity index (χ4n) is 3.49. The lowest BCUT2D eigenvalue weighted by Crippen LogP contribution is -2.25. The monoisotopic (exact) mass is 263 g/mol. The van der Waals surface area contributed by atoms with Crippen LogP contribution in [0.2, 0.25) is 0 Å². The van der Waals surface area contributed by atoms with Crippen LogP contribution in [0.15, 0.2) is 6.07 Å². The van der Waals surface area contributed by atoms with E-state index in [0.29, 0.717) is 23.9 Å². The van der Waals surface area contributed by atoms with Crippen LogP contribution in [0, 0.1) is 11.8 Å². The number of hydrogen-bond acceptors (Lipinski definition) is 4. The summed E-state index contributed by atoms with van der Waals surface area (Å²) in [7, 11) is 0. The third-order valence-corrected chi connectivity index (χ3v) is 4.79. The lowest BCUT2D eigenvalue weighted by Gasteiger charge is -2.17. The Balaban J connectivity index is 1.38. The molecule has 0 bridgehead atoms. The van der Waals surface area contributed by atoms with E-state index in [1.807, 2.05) is 0 Å². The molecule has 3 fully saturated rings. The summed E-state index contributed by atoms with van der Waals surface area (Å²) in [5.41, 5.74) is 2.45. The highest BCUT2D eigenvalue weighted by molar-refractivity contribution is 5.17. The molecule has 1 aromatic rings. The van der Waals surface area contributed by atoms with Gasteiger partial charge in [-0.3, -0.25) is 10.00 Å². The first-order valence-corrected chi connectivity index (χ1v) is 7.32. The van der Waals surface area contributed by atoms with Crippen molar-refractivity contribution in [2.24, 2.45) is 11.8 Å². The number of aromatic amines is 1. The average Bonchev–Trinajstić information content (AvgIpc) is 2.85. The van der Waals surface area contributed by atoms with Gasteiger partial charge in [0.2, 0.25) is 0 Å². The van der Waals surface area contributed by atoms with E-state index in [4.69, 9.17) is 4.74 Å². The Morgan fingerprint density at radius 2 is 2.32 bits per heavy atom. The second kappa shape index (κ2) is 4.58. The molecule has 0 amide bonds. The third-order valence-electron chi connectivity index (χ3n) is 4.79. The summed E-state index contributed by atoms with van der Waals surface area (Å²) in [5, 5.41) is 16.9. The predicted molar refractivity (Wildman–Crippen MR) is 69.6 cm³/mol. The quantitative estimate of drug-likeness (QED) is 0.840. The van der Waals surface area contributed by atoms with Crippen molar-refractivity contribution in [2.45, 2.75) is 31.4 Å². The molecule has 2 aliphatic heterocycles. The van der Waals surface area contributed by atoms with E-state index in [2.05, 4.69) is 21.2 Å². The van der Waals surface area contributed by atoms with Gasteiger partial charge >= 0.3 is 0 Å². The average molecular weight is 263 g/mol. The van der Waals surface area contributed by atoms with Gasteiger partial charge in [-0.2, -0.15) is 5.10 Å². The predicted octanol–water partition coefficient (Wildman–Crippen LogP) is 0.726. The minimum absolute atomic E-state index is 0.255. The first-order chi connectivity index (χ1) is 9.33. The summed E-state index contributed by atoms with van der Waals surface area (Å²) >= 11 is 0. The highest BCUT2D eigenvalue weighted by Gasteiger charge is 2.43. The fraction of sp³-hybridized carbons (Fsp3) is 0.786. The van der Waals surface area contributed by atoms with E-state index >= 15 is 0 Å². The van der Waals surface area contributed by atoms with Gasteiger partial charge < -0.3 is 9.84 Å². The molecule has 2 N–H and O–H groups in total. The maximum atomic E-state index is 9.35. The van der Waals surface area contributed by atoms with Gasteiger partial charge in [0.15, 0.2) is 0 Å². The fourth-order valence-corrected chi connectivity index (χ4v) is 3.49. The first kappa shape index (κ1) is 11.9. The van der Waals surface area contributed by atoms with Gasteiger partial charge in [-0.25, -0.2) is 0 Å². The molecule has 19 heavy (non-hydrogen) atoms. The molecule has 0 unspecified atom stereocenters. The van der Waals surface area contributed by atoms with Crippen molar-refractivity contribution in [3.63, 3.8) is 0 Å². The number of rotatable bonds is 4. The summed E-state index contributed by atoms with van der Waals surface area (Å²) in [6.45, 7) is 3.93. The molecule has 104 valence electrons. The van der Waals surface area contributed by atoms with Gasteiger partial charge in [0, 0.05) is 49.7 Å². The van der Waals surface area contributed by atoms with Gasteiger partial charge in [-0.05, 0) is 18.9 Å². The Hall–Kier alpha value is -0.910. The molecular formula is C14H21N3O2. The number of aliphatic hydroxyl groups excluding tert-OH is 1. The third kappa shape index (κ3) is 2.20. The Labute approximate surface area is 112 Å². The van der Waals surface area contributed by atoms with Gasteiger partial charge in [0.05, 0.1) is 18.4 Å². The van der Waals surface area contributed by atoms with Gasteiger partial charge in [0.1, 0.15) is 0 Å². The molecule has 1 aromatic heterocycles. The number of hydrogen-bond donors (Lipinski definition) is 2. The molecule has 3 heterocycles. The number of aromatic nitrogens is 2. The zero-order chi connectivity index (χ0) is 12.8. The zero-order valence-corrected chi connectivity index (χ0v) is 11.1.